The van der Waals surface area contributed by atoms with Crippen LogP contribution >= 0.6 is 0 Å². The van der Waals surface area contributed by atoms with E-state index in [2.05, 4.69) is 0 Å². The smallest absolute Gasteiger partial charge is 0.187 e. The van der Waals surface area contributed by atoms with E-state index >= 15 is 0 Å². The first-order chi connectivity index (χ1) is 7.69. The van der Waals surface area contributed by atoms with Crippen molar-refractivity contribution in [3.8, 4) is 0 Å². The number of ether oxygens (including phenoxy) is 2. The molecule has 0 saturated heterocycles. The van der Waals surface area contributed by atoms with Gasteiger partial charge >= 0.3 is 0 Å². The maximum absolute atomic E-state index is 13.0. The van der Waals surface area contributed by atoms with Crippen LogP contribution in [0.1, 0.15) is 25.5 Å². The number of benzene rings is 1. The summed E-state index contributed by atoms with van der Waals surface area (Å²) in [6, 6.07) is 5.78. The highest BCUT2D eigenvalue weighted by Gasteiger charge is 2.21. The number of aliphatic hydroxyl groups is 1. The second-order valence-electron chi connectivity index (χ2n) is 3.28. The van der Waals surface area contributed by atoms with Gasteiger partial charge in [0.25, 0.3) is 0 Å². The minimum Gasteiger partial charge on any atom is -0.383 e. The molecule has 1 atom stereocenters. The molecule has 0 amide bonds. The van der Waals surface area contributed by atoms with Crippen molar-refractivity contribution in [1.82, 2.24) is 0 Å². The summed E-state index contributed by atoms with van der Waals surface area (Å²) >= 11 is 0. The Morgan fingerprint density at radius 2 is 1.88 bits per heavy atom. The van der Waals surface area contributed by atoms with Crippen molar-refractivity contribution in [3.05, 3.63) is 35.6 Å². The molecule has 3 nitrogen and oxygen atoms in total. The van der Waals surface area contributed by atoms with E-state index in [4.69, 9.17) is 9.47 Å². The molecule has 16 heavy (non-hydrogen) atoms. The van der Waals surface area contributed by atoms with Crippen molar-refractivity contribution in [1.29, 1.82) is 0 Å². The Kier molecular flexibility index (Phi) is 5.38. The summed E-state index contributed by atoms with van der Waals surface area (Å²) in [5, 5.41) is 9.95. The van der Waals surface area contributed by atoms with Crippen LogP contribution in [0.5, 0.6) is 0 Å². The second-order valence-corrected chi connectivity index (χ2v) is 3.28. The third kappa shape index (κ3) is 3.56. The molecule has 4 heteroatoms. The van der Waals surface area contributed by atoms with Crippen LogP contribution in [0.15, 0.2) is 24.3 Å². The number of aliphatic hydroxyl groups excluding tert-OH is 1. The van der Waals surface area contributed by atoms with Crippen LogP contribution in [0.2, 0.25) is 0 Å². The van der Waals surface area contributed by atoms with Gasteiger partial charge in [-0.1, -0.05) is 12.1 Å². The average molecular weight is 228 g/mol. The predicted octanol–water partition coefficient (Wildman–Crippen LogP) is 2.26. The zero-order valence-electron chi connectivity index (χ0n) is 9.52. The van der Waals surface area contributed by atoms with E-state index in [0.29, 0.717) is 18.8 Å². The summed E-state index contributed by atoms with van der Waals surface area (Å²) in [5.74, 6) is -0.386. The Labute approximate surface area is 94.8 Å². The third-order valence-corrected chi connectivity index (χ3v) is 2.11. The lowest BCUT2D eigenvalue weighted by atomic mass is 10.1. The number of halogens is 1. The summed E-state index contributed by atoms with van der Waals surface area (Å²) in [5.41, 5.74) is 0.451. The molecule has 1 aromatic rings. The highest BCUT2D eigenvalue weighted by atomic mass is 19.1. The zero-order chi connectivity index (χ0) is 12.0. The SMILES string of the molecule is CCOC(OCC)C(O)c1cccc(F)c1. The van der Waals surface area contributed by atoms with Crippen molar-refractivity contribution in [2.24, 2.45) is 0 Å². The first kappa shape index (κ1) is 13.1. The van der Waals surface area contributed by atoms with Gasteiger partial charge in [-0.15, -0.1) is 0 Å². The lowest BCUT2D eigenvalue weighted by molar-refractivity contribution is -0.191. The van der Waals surface area contributed by atoms with Gasteiger partial charge in [0.15, 0.2) is 6.29 Å². The van der Waals surface area contributed by atoms with Gasteiger partial charge in [0.2, 0.25) is 0 Å². The van der Waals surface area contributed by atoms with E-state index < -0.39 is 12.4 Å². The van der Waals surface area contributed by atoms with Gasteiger partial charge in [0.1, 0.15) is 11.9 Å². The fourth-order valence-corrected chi connectivity index (χ4v) is 1.41. The molecule has 0 fully saturated rings. The first-order valence-electron chi connectivity index (χ1n) is 5.35. The van der Waals surface area contributed by atoms with Gasteiger partial charge in [0, 0.05) is 13.2 Å². The lowest BCUT2D eigenvalue weighted by Gasteiger charge is -2.22. The van der Waals surface area contributed by atoms with Crippen molar-refractivity contribution >= 4 is 0 Å². The van der Waals surface area contributed by atoms with E-state index in [9.17, 15) is 9.50 Å². The Morgan fingerprint density at radius 1 is 1.25 bits per heavy atom. The summed E-state index contributed by atoms with van der Waals surface area (Å²) in [4.78, 5) is 0. The summed E-state index contributed by atoms with van der Waals surface area (Å²) in [6.07, 6.45) is -1.73. The normalized spacial score (nSPS) is 13.1. The molecule has 1 rings (SSSR count). The van der Waals surface area contributed by atoms with Crippen LogP contribution < -0.4 is 0 Å². The molecule has 1 aromatic carbocycles. The molecule has 0 heterocycles. The van der Waals surface area contributed by atoms with Gasteiger partial charge in [-0.05, 0) is 31.5 Å². The van der Waals surface area contributed by atoms with E-state index in [-0.39, 0.29) is 5.82 Å². The van der Waals surface area contributed by atoms with Gasteiger partial charge in [-0.2, -0.15) is 0 Å². The summed E-state index contributed by atoms with van der Waals surface area (Å²) in [7, 11) is 0. The highest BCUT2D eigenvalue weighted by Crippen LogP contribution is 2.20. The quantitative estimate of drug-likeness (QED) is 0.759. The number of rotatable bonds is 6. The average Bonchev–Trinajstić information content (AvgIpc) is 2.28. The standard InChI is InChI=1S/C12H17FO3/c1-3-15-12(16-4-2)11(14)9-6-5-7-10(13)8-9/h5-8,11-12,14H,3-4H2,1-2H3. The minimum atomic E-state index is -0.976. The molecule has 90 valence electrons. The molecule has 0 saturated carbocycles. The molecule has 0 bridgehead atoms. The molecule has 0 spiro atoms. The molecule has 0 radical (unpaired) electrons. The Hall–Kier alpha value is -0.970. The number of hydrogen-bond donors (Lipinski definition) is 1. The maximum atomic E-state index is 13.0. The summed E-state index contributed by atoms with van der Waals surface area (Å²) < 4.78 is 23.5. The van der Waals surface area contributed by atoms with Gasteiger partial charge in [0.05, 0.1) is 0 Å². The molecule has 0 aliphatic heterocycles. The lowest BCUT2D eigenvalue weighted by Crippen LogP contribution is -2.25. The number of hydrogen-bond acceptors (Lipinski definition) is 3. The van der Waals surface area contributed by atoms with Crippen molar-refractivity contribution < 1.29 is 19.0 Å². The predicted molar refractivity (Wildman–Crippen MR) is 58.4 cm³/mol. The Bertz CT molecular complexity index is 311. The minimum absolute atomic E-state index is 0.386. The van der Waals surface area contributed by atoms with E-state index in [1.807, 2.05) is 13.8 Å². The van der Waals surface area contributed by atoms with Crippen LogP contribution in [-0.4, -0.2) is 24.6 Å². The third-order valence-electron chi connectivity index (χ3n) is 2.11. The van der Waals surface area contributed by atoms with Crippen molar-refractivity contribution in [2.75, 3.05) is 13.2 Å². The van der Waals surface area contributed by atoms with E-state index in [1.54, 1.807) is 12.1 Å². The fraction of sp³-hybridized carbons (Fsp3) is 0.500. The van der Waals surface area contributed by atoms with Crippen LogP contribution in [0.4, 0.5) is 4.39 Å². The zero-order valence-corrected chi connectivity index (χ0v) is 9.52. The fourth-order valence-electron chi connectivity index (χ4n) is 1.41. The van der Waals surface area contributed by atoms with E-state index in [0.717, 1.165) is 0 Å². The molecule has 0 aliphatic carbocycles. The van der Waals surface area contributed by atoms with E-state index in [1.165, 1.54) is 12.1 Å². The van der Waals surface area contributed by atoms with Crippen LogP contribution in [0.3, 0.4) is 0 Å². The van der Waals surface area contributed by atoms with Crippen molar-refractivity contribution in [3.63, 3.8) is 0 Å². The monoisotopic (exact) mass is 228 g/mol. The van der Waals surface area contributed by atoms with Crippen molar-refractivity contribution in [2.45, 2.75) is 26.2 Å². The van der Waals surface area contributed by atoms with Crippen LogP contribution in [0, 0.1) is 5.82 Å². The van der Waals surface area contributed by atoms with Gasteiger partial charge in [-0.3, -0.25) is 0 Å². The maximum Gasteiger partial charge on any atom is 0.187 e. The van der Waals surface area contributed by atoms with Gasteiger partial charge < -0.3 is 14.6 Å². The summed E-state index contributed by atoms with van der Waals surface area (Å²) in [6.45, 7) is 4.47. The topological polar surface area (TPSA) is 38.7 Å². The van der Waals surface area contributed by atoms with Crippen LogP contribution in [-0.2, 0) is 9.47 Å². The molecule has 0 aromatic heterocycles. The molecular formula is C12H17FO3. The molecule has 0 aliphatic rings. The van der Waals surface area contributed by atoms with Gasteiger partial charge in [-0.25, -0.2) is 4.39 Å². The van der Waals surface area contributed by atoms with Crippen LogP contribution in [0.25, 0.3) is 0 Å². The largest absolute Gasteiger partial charge is 0.383 e. The molecule has 1 unspecified atom stereocenters. The Balaban J connectivity index is 2.76. The highest BCUT2D eigenvalue weighted by molar-refractivity contribution is 5.19. The first-order valence-corrected chi connectivity index (χ1v) is 5.35. The second kappa shape index (κ2) is 6.58. The molecular weight excluding hydrogens is 211 g/mol. The Morgan fingerprint density at radius 3 is 2.38 bits per heavy atom. The molecule has 1 N–H and O–H groups in total.